The van der Waals surface area contributed by atoms with Crippen LogP contribution in [0.5, 0.6) is 0 Å². The van der Waals surface area contributed by atoms with E-state index in [1.54, 1.807) is 24.4 Å². The zero-order valence-electron chi connectivity index (χ0n) is 14.2. The predicted octanol–water partition coefficient (Wildman–Crippen LogP) is 2.48. The van der Waals surface area contributed by atoms with E-state index in [9.17, 15) is 14.0 Å². The molecule has 6 nitrogen and oxygen atoms in total. The van der Waals surface area contributed by atoms with E-state index in [4.69, 9.17) is 0 Å². The first-order valence-corrected chi connectivity index (χ1v) is 9.54. The molecule has 1 fully saturated rings. The van der Waals surface area contributed by atoms with Crippen molar-refractivity contribution in [2.45, 2.75) is 17.7 Å². The molecule has 3 N–H and O–H groups in total. The molecular weight excluding hydrogens is 367 g/mol. The lowest BCUT2D eigenvalue weighted by molar-refractivity contribution is -0.126. The molecule has 2 amide bonds. The van der Waals surface area contributed by atoms with E-state index in [1.807, 2.05) is 12.1 Å². The first kappa shape index (κ1) is 17.5. The van der Waals surface area contributed by atoms with Crippen LogP contribution in [-0.2, 0) is 16.0 Å². The van der Waals surface area contributed by atoms with E-state index in [2.05, 4.69) is 20.8 Å². The highest BCUT2D eigenvalue weighted by Gasteiger charge is 2.32. The van der Waals surface area contributed by atoms with Crippen molar-refractivity contribution in [2.24, 2.45) is 0 Å². The van der Waals surface area contributed by atoms with Gasteiger partial charge in [0.2, 0.25) is 11.8 Å². The van der Waals surface area contributed by atoms with Crippen LogP contribution < -0.4 is 10.6 Å². The van der Waals surface area contributed by atoms with Gasteiger partial charge in [-0.1, -0.05) is 24.3 Å². The Balaban J connectivity index is 1.39. The van der Waals surface area contributed by atoms with Crippen LogP contribution in [0.1, 0.15) is 5.56 Å². The Hall–Kier alpha value is -2.87. The first-order chi connectivity index (χ1) is 13.1. The Morgan fingerprint density at radius 2 is 2.07 bits per heavy atom. The molecule has 2 heterocycles. The predicted molar refractivity (Wildman–Crippen MR) is 103 cm³/mol. The second-order valence-corrected chi connectivity index (χ2v) is 7.58. The van der Waals surface area contributed by atoms with Gasteiger partial charge >= 0.3 is 0 Å². The number of amides is 2. The number of rotatable bonds is 4. The van der Waals surface area contributed by atoms with Gasteiger partial charge in [0.25, 0.3) is 0 Å². The number of H-pyrrole nitrogens is 1. The zero-order valence-corrected chi connectivity index (χ0v) is 15.1. The number of thioether (sulfide) groups is 1. The number of fused-ring (bicyclic) bond motifs is 1. The van der Waals surface area contributed by atoms with Crippen LogP contribution >= 0.6 is 11.8 Å². The Morgan fingerprint density at radius 3 is 2.85 bits per heavy atom. The summed E-state index contributed by atoms with van der Waals surface area (Å²) in [6.07, 6.45) is 2.18. The third kappa shape index (κ3) is 3.80. The number of carbonyl (C=O) groups excluding carboxylic acids is 2. The van der Waals surface area contributed by atoms with Crippen LogP contribution in [0.3, 0.4) is 0 Å². The second kappa shape index (κ2) is 7.40. The molecule has 3 aromatic rings. The quantitative estimate of drug-likeness (QED) is 0.645. The summed E-state index contributed by atoms with van der Waals surface area (Å²) in [5.41, 5.74) is 2.26. The van der Waals surface area contributed by atoms with Crippen molar-refractivity contribution >= 4 is 40.2 Å². The highest BCUT2D eigenvalue weighted by molar-refractivity contribution is 8.00. The topological polar surface area (TPSA) is 86.9 Å². The van der Waals surface area contributed by atoms with E-state index >= 15 is 0 Å². The van der Waals surface area contributed by atoms with Gasteiger partial charge in [-0.15, -0.1) is 11.8 Å². The third-order valence-electron chi connectivity index (χ3n) is 4.46. The van der Waals surface area contributed by atoms with Gasteiger partial charge in [0.15, 0.2) is 0 Å². The molecule has 1 saturated heterocycles. The van der Waals surface area contributed by atoms with Crippen molar-refractivity contribution in [3.63, 3.8) is 0 Å². The molecule has 1 aliphatic rings. The number of aromatic nitrogens is 2. The number of carbonyl (C=O) groups is 2. The molecule has 0 saturated carbocycles. The molecular formula is C19H17FN4O2S. The zero-order chi connectivity index (χ0) is 18.8. The molecule has 1 aliphatic heterocycles. The average Bonchev–Trinajstić information content (AvgIpc) is 3.15. The minimum Gasteiger partial charge on any atom is -0.343 e. The summed E-state index contributed by atoms with van der Waals surface area (Å²) < 4.78 is 13.0. The molecule has 138 valence electrons. The van der Waals surface area contributed by atoms with Crippen LogP contribution in [0.4, 0.5) is 10.1 Å². The Morgan fingerprint density at radius 1 is 1.26 bits per heavy atom. The summed E-state index contributed by atoms with van der Waals surface area (Å²) >= 11 is 1.44. The summed E-state index contributed by atoms with van der Waals surface area (Å²) in [6.45, 7) is 0. The van der Waals surface area contributed by atoms with Gasteiger partial charge in [-0.2, -0.15) is 5.10 Å². The maximum absolute atomic E-state index is 13.0. The Labute approximate surface area is 158 Å². The van der Waals surface area contributed by atoms with E-state index in [1.165, 1.54) is 23.9 Å². The third-order valence-corrected chi connectivity index (χ3v) is 5.77. The lowest BCUT2D eigenvalue weighted by atomic mass is 10.1. The highest BCUT2D eigenvalue weighted by atomic mass is 32.2. The highest BCUT2D eigenvalue weighted by Crippen LogP contribution is 2.24. The molecule has 8 heteroatoms. The molecule has 0 radical (unpaired) electrons. The van der Waals surface area contributed by atoms with Crippen LogP contribution in [0.15, 0.2) is 48.7 Å². The Kier molecular flexibility index (Phi) is 4.81. The standard InChI is InChI=1S/C19H17FN4O2S/c20-13-6-4-11(5-7-13)8-16-19(26)23-15(10-27-16)18(25)22-14-3-1-2-12-9-21-24-17(12)14/h1-7,9,15-16H,8,10H2,(H,21,24)(H,22,25)(H,23,26). The maximum Gasteiger partial charge on any atom is 0.247 e. The molecule has 2 atom stereocenters. The van der Waals surface area contributed by atoms with Crippen LogP contribution in [0, 0.1) is 5.82 Å². The van der Waals surface area contributed by atoms with Gasteiger partial charge in [-0.05, 0) is 30.2 Å². The SMILES string of the molecule is O=C(Nc1cccc2cn[nH]c12)C1CSC(Cc2ccc(F)cc2)C(=O)N1. The molecule has 2 unspecified atom stereocenters. The van der Waals surface area contributed by atoms with Gasteiger partial charge in [0, 0.05) is 11.1 Å². The molecule has 2 aromatic carbocycles. The number of hydrogen-bond acceptors (Lipinski definition) is 4. The van der Waals surface area contributed by atoms with Gasteiger partial charge in [-0.3, -0.25) is 14.7 Å². The van der Waals surface area contributed by atoms with Crippen molar-refractivity contribution in [3.8, 4) is 0 Å². The summed E-state index contributed by atoms with van der Waals surface area (Å²) in [6, 6.07) is 11.0. The fourth-order valence-electron chi connectivity index (χ4n) is 3.01. The average molecular weight is 384 g/mol. The number of halogens is 1. The van der Waals surface area contributed by atoms with E-state index < -0.39 is 6.04 Å². The monoisotopic (exact) mass is 384 g/mol. The minimum absolute atomic E-state index is 0.185. The van der Waals surface area contributed by atoms with Crippen molar-refractivity contribution < 1.29 is 14.0 Å². The molecule has 0 aliphatic carbocycles. The lowest BCUT2D eigenvalue weighted by Gasteiger charge is -2.28. The fraction of sp³-hybridized carbons (Fsp3) is 0.211. The van der Waals surface area contributed by atoms with Crippen LogP contribution in [0.2, 0.25) is 0 Å². The molecule has 0 spiro atoms. The van der Waals surface area contributed by atoms with Gasteiger partial charge in [0.05, 0.1) is 22.7 Å². The van der Waals surface area contributed by atoms with Crippen LogP contribution in [0.25, 0.3) is 10.9 Å². The van der Waals surface area contributed by atoms with Gasteiger partial charge < -0.3 is 10.6 Å². The Bertz CT molecular complexity index is 989. The van der Waals surface area contributed by atoms with Crippen molar-refractivity contribution in [2.75, 3.05) is 11.1 Å². The molecule has 1 aromatic heterocycles. The van der Waals surface area contributed by atoms with E-state index in [-0.39, 0.29) is 22.9 Å². The van der Waals surface area contributed by atoms with E-state index in [0.29, 0.717) is 17.9 Å². The van der Waals surface area contributed by atoms with Crippen molar-refractivity contribution in [3.05, 3.63) is 60.0 Å². The minimum atomic E-state index is -0.606. The number of nitrogens with one attached hydrogen (secondary N) is 3. The summed E-state index contributed by atoms with van der Waals surface area (Å²) in [5.74, 6) is -0.278. The molecule has 27 heavy (non-hydrogen) atoms. The van der Waals surface area contributed by atoms with Crippen LogP contribution in [-0.4, -0.2) is 39.1 Å². The number of benzene rings is 2. The van der Waals surface area contributed by atoms with E-state index in [0.717, 1.165) is 16.5 Å². The number of hydrogen-bond donors (Lipinski definition) is 3. The maximum atomic E-state index is 13.0. The van der Waals surface area contributed by atoms with Crippen molar-refractivity contribution in [1.82, 2.24) is 15.5 Å². The second-order valence-electron chi connectivity index (χ2n) is 6.34. The molecule has 0 bridgehead atoms. The number of para-hydroxylation sites is 1. The number of aromatic amines is 1. The van der Waals surface area contributed by atoms with Gasteiger partial charge in [-0.25, -0.2) is 4.39 Å². The number of anilines is 1. The molecule has 4 rings (SSSR count). The summed E-state index contributed by atoms with van der Waals surface area (Å²) in [5, 5.41) is 13.1. The normalized spacial score (nSPS) is 19.7. The number of nitrogens with zero attached hydrogens (tertiary/aromatic N) is 1. The fourth-order valence-corrected chi connectivity index (χ4v) is 4.20. The smallest absolute Gasteiger partial charge is 0.247 e. The summed E-state index contributed by atoms with van der Waals surface area (Å²) in [7, 11) is 0. The van der Waals surface area contributed by atoms with Gasteiger partial charge in [0.1, 0.15) is 11.9 Å². The summed E-state index contributed by atoms with van der Waals surface area (Å²) in [4.78, 5) is 25.0. The largest absolute Gasteiger partial charge is 0.343 e. The lowest BCUT2D eigenvalue weighted by Crippen LogP contribution is -2.52. The van der Waals surface area contributed by atoms with Crippen molar-refractivity contribution in [1.29, 1.82) is 0 Å². The first-order valence-electron chi connectivity index (χ1n) is 8.49.